The Kier molecular flexibility index (Phi) is 5.81. The normalized spacial score (nSPS) is 17.7. The number of pyridine rings is 1. The molecule has 2 aromatic rings. The van der Waals surface area contributed by atoms with Gasteiger partial charge < -0.3 is 0 Å². The minimum Gasteiger partial charge on any atom is -0.283 e. The molecule has 1 amide bonds. The zero-order chi connectivity index (χ0) is 18.7. The Bertz CT molecular complexity index is 923. The Balaban J connectivity index is 2.03. The number of hydrogen-bond donors (Lipinski definition) is 0. The van der Waals surface area contributed by atoms with E-state index in [0.717, 1.165) is 11.1 Å². The van der Waals surface area contributed by atoms with E-state index in [1.54, 1.807) is 41.4 Å². The number of carbonyl (C=O) groups is 1. The van der Waals surface area contributed by atoms with Crippen LogP contribution in [0.1, 0.15) is 12.5 Å². The minimum absolute atomic E-state index is 0.110. The number of nitrogens with zero attached hydrogens (tertiary/aromatic N) is 3. The van der Waals surface area contributed by atoms with Crippen LogP contribution in [0, 0.1) is 0 Å². The second-order valence-electron chi connectivity index (χ2n) is 5.48. The van der Waals surface area contributed by atoms with Gasteiger partial charge in [0.2, 0.25) is 0 Å². The van der Waals surface area contributed by atoms with Crippen LogP contribution in [0.4, 0.5) is 5.69 Å². The van der Waals surface area contributed by atoms with Gasteiger partial charge in [-0.2, -0.15) is 0 Å². The number of rotatable bonds is 4. The van der Waals surface area contributed by atoms with E-state index in [0.29, 0.717) is 32.5 Å². The van der Waals surface area contributed by atoms with Gasteiger partial charge in [-0.1, -0.05) is 41.4 Å². The number of amides is 1. The summed E-state index contributed by atoms with van der Waals surface area (Å²) in [5.74, 6) is -0.110. The third-order valence-corrected chi connectivity index (χ3v) is 5.47. The number of halogens is 2. The highest BCUT2D eigenvalue weighted by Gasteiger charge is 2.34. The summed E-state index contributed by atoms with van der Waals surface area (Å²) in [5, 5.41) is 1.49. The van der Waals surface area contributed by atoms with Gasteiger partial charge in [0.25, 0.3) is 5.91 Å². The van der Waals surface area contributed by atoms with Gasteiger partial charge in [0.1, 0.15) is 5.69 Å². The first-order valence-corrected chi connectivity index (χ1v) is 9.35. The highest BCUT2D eigenvalue weighted by Crippen LogP contribution is 2.38. The predicted octanol–water partition coefficient (Wildman–Crippen LogP) is 5.57. The molecule has 132 valence electrons. The molecule has 1 aliphatic heterocycles. The fraction of sp³-hybridized carbons (Fsp3) is 0.105. The molecule has 1 fully saturated rings. The van der Waals surface area contributed by atoms with Gasteiger partial charge in [0.15, 0.2) is 10.3 Å². The largest absolute Gasteiger partial charge is 0.283 e. The summed E-state index contributed by atoms with van der Waals surface area (Å²) in [7, 11) is 0. The Morgan fingerprint density at radius 1 is 1.31 bits per heavy atom. The molecule has 1 aromatic heterocycles. The summed E-state index contributed by atoms with van der Waals surface area (Å²) in [6.45, 7) is 6.00. The van der Waals surface area contributed by atoms with Gasteiger partial charge in [0.05, 0.1) is 4.91 Å². The maximum absolute atomic E-state index is 12.9. The second-order valence-corrected chi connectivity index (χ2v) is 7.25. The quantitative estimate of drug-likeness (QED) is 0.380. The van der Waals surface area contributed by atoms with E-state index in [4.69, 9.17) is 23.2 Å². The van der Waals surface area contributed by atoms with E-state index in [9.17, 15) is 4.79 Å². The Morgan fingerprint density at radius 2 is 2.04 bits per heavy atom. The van der Waals surface area contributed by atoms with E-state index in [1.165, 1.54) is 11.8 Å². The number of thioether (sulfide) groups is 1. The van der Waals surface area contributed by atoms with Gasteiger partial charge >= 0.3 is 0 Å². The molecule has 0 radical (unpaired) electrons. The Labute approximate surface area is 166 Å². The average molecular weight is 404 g/mol. The monoisotopic (exact) mass is 403 g/mol. The van der Waals surface area contributed by atoms with Crippen molar-refractivity contribution in [2.24, 2.45) is 4.99 Å². The molecule has 0 aliphatic carbocycles. The van der Waals surface area contributed by atoms with Crippen LogP contribution in [0.2, 0.25) is 10.2 Å². The van der Waals surface area contributed by atoms with E-state index in [2.05, 4.69) is 16.6 Å². The SMILES string of the molecule is C=CCN1C(=O)/C(=C(\C)c2ccc(Cl)cc2)SC1=Nc1cccnc1Cl. The predicted molar refractivity (Wildman–Crippen MR) is 110 cm³/mol. The molecule has 0 N–H and O–H groups in total. The van der Waals surface area contributed by atoms with Crippen LogP contribution in [0.25, 0.3) is 5.57 Å². The molecule has 0 spiro atoms. The van der Waals surface area contributed by atoms with Gasteiger partial charge in [-0.25, -0.2) is 9.98 Å². The molecule has 3 rings (SSSR count). The number of hydrogen-bond acceptors (Lipinski definition) is 4. The maximum Gasteiger partial charge on any atom is 0.267 e. The summed E-state index contributed by atoms with van der Waals surface area (Å²) in [6, 6.07) is 10.9. The molecular formula is C19H15Cl2N3OS. The lowest BCUT2D eigenvalue weighted by molar-refractivity contribution is -0.121. The van der Waals surface area contributed by atoms with Crippen molar-refractivity contribution in [3.05, 3.63) is 75.9 Å². The second kappa shape index (κ2) is 8.08. The number of benzene rings is 1. The fourth-order valence-corrected chi connectivity index (χ4v) is 3.75. The summed E-state index contributed by atoms with van der Waals surface area (Å²) in [5.41, 5.74) is 2.32. The van der Waals surface area contributed by atoms with Gasteiger partial charge in [0, 0.05) is 17.8 Å². The molecule has 0 saturated carbocycles. The van der Waals surface area contributed by atoms with Crippen LogP contribution < -0.4 is 0 Å². The lowest BCUT2D eigenvalue weighted by atomic mass is 10.1. The summed E-state index contributed by atoms with van der Waals surface area (Å²) < 4.78 is 0. The van der Waals surface area contributed by atoms with Crippen molar-refractivity contribution >= 4 is 57.3 Å². The van der Waals surface area contributed by atoms with Crippen LogP contribution >= 0.6 is 35.0 Å². The number of amidine groups is 1. The summed E-state index contributed by atoms with van der Waals surface area (Å²) >= 11 is 13.4. The highest BCUT2D eigenvalue weighted by molar-refractivity contribution is 8.18. The number of aliphatic imine (C=N–C) groups is 1. The maximum atomic E-state index is 12.9. The van der Waals surface area contributed by atoms with Crippen LogP contribution in [0.3, 0.4) is 0 Å². The topological polar surface area (TPSA) is 45.6 Å². The summed E-state index contributed by atoms with van der Waals surface area (Å²) in [6.07, 6.45) is 3.26. The van der Waals surface area contributed by atoms with E-state index >= 15 is 0 Å². The molecule has 1 aromatic carbocycles. The number of allylic oxidation sites excluding steroid dienone is 1. The van der Waals surface area contributed by atoms with Crippen molar-refractivity contribution in [2.45, 2.75) is 6.92 Å². The first-order valence-electron chi connectivity index (χ1n) is 7.78. The first kappa shape index (κ1) is 18.7. The lowest BCUT2D eigenvalue weighted by Gasteiger charge is -2.12. The smallest absolute Gasteiger partial charge is 0.267 e. The van der Waals surface area contributed by atoms with Crippen molar-refractivity contribution in [3.63, 3.8) is 0 Å². The fourth-order valence-electron chi connectivity index (χ4n) is 2.40. The van der Waals surface area contributed by atoms with Gasteiger partial charge in [-0.05, 0) is 54.1 Å². The summed E-state index contributed by atoms with van der Waals surface area (Å²) in [4.78, 5) is 23.7. The van der Waals surface area contributed by atoms with Crippen molar-refractivity contribution in [3.8, 4) is 0 Å². The molecule has 2 heterocycles. The van der Waals surface area contributed by atoms with Crippen LogP contribution in [-0.4, -0.2) is 27.5 Å². The standard InChI is InChI=1S/C19H15Cl2N3OS/c1-3-11-24-18(25)16(12(2)13-6-8-14(20)9-7-13)26-19(24)23-15-5-4-10-22-17(15)21/h3-10H,1,11H2,2H3/b16-12-,23-19?. The first-order chi connectivity index (χ1) is 12.5. The Hall–Kier alpha value is -2.08. The number of carbonyl (C=O) groups excluding carboxylic acids is 1. The van der Waals surface area contributed by atoms with E-state index < -0.39 is 0 Å². The van der Waals surface area contributed by atoms with Gasteiger partial charge in [-0.15, -0.1) is 6.58 Å². The molecule has 0 atom stereocenters. The highest BCUT2D eigenvalue weighted by atomic mass is 35.5. The molecule has 4 nitrogen and oxygen atoms in total. The average Bonchev–Trinajstić information content (AvgIpc) is 2.94. The van der Waals surface area contributed by atoms with Crippen LogP contribution in [-0.2, 0) is 4.79 Å². The zero-order valence-electron chi connectivity index (χ0n) is 13.9. The minimum atomic E-state index is -0.110. The molecular weight excluding hydrogens is 389 g/mol. The van der Waals surface area contributed by atoms with Crippen molar-refractivity contribution in [2.75, 3.05) is 6.54 Å². The zero-order valence-corrected chi connectivity index (χ0v) is 16.3. The Morgan fingerprint density at radius 3 is 2.69 bits per heavy atom. The molecule has 1 saturated heterocycles. The molecule has 26 heavy (non-hydrogen) atoms. The third kappa shape index (κ3) is 3.85. The van der Waals surface area contributed by atoms with E-state index in [-0.39, 0.29) is 5.91 Å². The van der Waals surface area contributed by atoms with Crippen LogP contribution in [0.5, 0.6) is 0 Å². The third-order valence-electron chi connectivity index (χ3n) is 3.75. The lowest BCUT2D eigenvalue weighted by Crippen LogP contribution is -2.29. The molecule has 0 bridgehead atoms. The van der Waals surface area contributed by atoms with Crippen molar-refractivity contribution in [1.29, 1.82) is 0 Å². The number of aromatic nitrogens is 1. The van der Waals surface area contributed by atoms with Crippen molar-refractivity contribution in [1.82, 2.24) is 9.88 Å². The molecule has 1 aliphatic rings. The molecule has 0 unspecified atom stereocenters. The van der Waals surface area contributed by atoms with Crippen LogP contribution in [0.15, 0.2) is 65.1 Å². The van der Waals surface area contributed by atoms with Gasteiger partial charge in [-0.3, -0.25) is 9.69 Å². The van der Waals surface area contributed by atoms with Crippen molar-refractivity contribution < 1.29 is 4.79 Å². The molecule has 7 heteroatoms. The van der Waals surface area contributed by atoms with E-state index in [1.807, 2.05) is 19.1 Å².